The molecule has 2 unspecified atom stereocenters. The third-order valence-electron chi connectivity index (χ3n) is 3.61. The Bertz CT molecular complexity index is 497. The Morgan fingerprint density at radius 3 is 2.71 bits per heavy atom. The van der Waals surface area contributed by atoms with E-state index in [1.807, 2.05) is 45.0 Å². The van der Waals surface area contributed by atoms with Crippen LogP contribution in [-0.2, 0) is 4.79 Å². The molecule has 5 heteroatoms. The predicted octanol–water partition coefficient (Wildman–Crippen LogP) is 1.71. The van der Waals surface area contributed by atoms with Crippen LogP contribution in [0.5, 0.6) is 11.5 Å². The number of rotatable bonds is 4. The second kappa shape index (κ2) is 6.35. The van der Waals surface area contributed by atoms with Crippen molar-refractivity contribution in [2.45, 2.75) is 39.3 Å². The highest BCUT2D eigenvalue weighted by Crippen LogP contribution is 2.30. The fraction of sp³-hybridized carbons (Fsp3) is 0.562. The Morgan fingerprint density at radius 2 is 2.05 bits per heavy atom. The Balaban J connectivity index is 1.78. The molecule has 1 heterocycles. The number of nitrogens with two attached hydrogens (primary N) is 1. The van der Waals surface area contributed by atoms with Crippen molar-refractivity contribution in [2.24, 2.45) is 11.1 Å². The molecule has 1 aliphatic heterocycles. The van der Waals surface area contributed by atoms with Crippen LogP contribution in [0.1, 0.15) is 27.2 Å². The first-order valence-electron chi connectivity index (χ1n) is 7.27. The van der Waals surface area contributed by atoms with Crippen LogP contribution in [0.4, 0.5) is 0 Å². The molecule has 0 bridgehead atoms. The molecule has 116 valence electrons. The number of ether oxygens (including phenoxy) is 2. The van der Waals surface area contributed by atoms with Crippen LogP contribution in [0.3, 0.4) is 0 Å². The van der Waals surface area contributed by atoms with Crippen molar-refractivity contribution in [1.82, 2.24) is 5.32 Å². The van der Waals surface area contributed by atoms with Gasteiger partial charge in [0.25, 0.3) is 0 Å². The summed E-state index contributed by atoms with van der Waals surface area (Å²) in [6.07, 6.45) is 0.142. The number of carbonyl (C=O) groups excluding carboxylic acids is 1. The SMILES string of the molecule is CC(C)(C)C(N)CC(=O)NCC1COc2ccccc2O1. The van der Waals surface area contributed by atoms with Crippen molar-refractivity contribution in [1.29, 1.82) is 0 Å². The van der Waals surface area contributed by atoms with E-state index in [0.29, 0.717) is 19.6 Å². The highest BCUT2D eigenvalue weighted by molar-refractivity contribution is 5.76. The van der Waals surface area contributed by atoms with E-state index in [0.717, 1.165) is 11.5 Å². The summed E-state index contributed by atoms with van der Waals surface area (Å²) >= 11 is 0. The lowest BCUT2D eigenvalue weighted by Crippen LogP contribution is -2.44. The van der Waals surface area contributed by atoms with Crippen LogP contribution < -0.4 is 20.5 Å². The van der Waals surface area contributed by atoms with Gasteiger partial charge in [0.2, 0.25) is 5.91 Å². The highest BCUT2D eigenvalue weighted by Gasteiger charge is 2.25. The van der Waals surface area contributed by atoms with Crippen LogP contribution in [0.2, 0.25) is 0 Å². The lowest BCUT2D eigenvalue weighted by molar-refractivity contribution is -0.122. The van der Waals surface area contributed by atoms with E-state index in [1.165, 1.54) is 0 Å². The molecule has 0 fully saturated rings. The number of nitrogens with one attached hydrogen (secondary N) is 1. The van der Waals surface area contributed by atoms with Gasteiger partial charge in [0, 0.05) is 12.5 Å². The molecule has 1 aliphatic rings. The molecule has 0 saturated heterocycles. The smallest absolute Gasteiger partial charge is 0.221 e. The second-order valence-electron chi connectivity index (χ2n) is 6.48. The third-order valence-corrected chi connectivity index (χ3v) is 3.61. The van der Waals surface area contributed by atoms with Crippen molar-refractivity contribution in [3.05, 3.63) is 24.3 Å². The maximum Gasteiger partial charge on any atom is 0.221 e. The first-order chi connectivity index (χ1) is 9.86. The molecule has 0 aromatic heterocycles. The van der Waals surface area contributed by atoms with Gasteiger partial charge in [0.05, 0.1) is 6.54 Å². The zero-order valence-electron chi connectivity index (χ0n) is 12.9. The first kappa shape index (κ1) is 15.6. The number of hydrogen-bond acceptors (Lipinski definition) is 4. The zero-order chi connectivity index (χ0) is 15.5. The Morgan fingerprint density at radius 1 is 1.38 bits per heavy atom. The molecule has 5 nitrogen and oxygen atoms in total. The Labute approximate surface area is 125 Å². The summed E-state index contributed by atoms with van der Waals surface area (Å²) in [5.41, 5.74) is 5.92. The lowest BCUT2D eigenvalue weighted by Gasteiger charge is -2.28. The van der Waals surface area contributed by atoms with Crippen molar-refractivity contribution >= 4 is 5.91 Å². The molecule has 3 N–H and O–H groups in total. The van der Waals surface area contributed by atoms with Crippen molar-refractivity contribution in [2.75, 3.05) is 13.2 Å². The quantitative estimate of drug-likeness (QED) is 0.886. The van der Waals surface area contributed by atoms with Crippen LogP contribution >= 0.6 is 0 Å². The average Bonchev–Trinajstić information content (AvgIpc) is 2.44. The van der Waals surface area contributed by atoms with Gasteiger partial charge in [-0.1, -0.05) is 32.9 Å². The maximum atomic E-state index is 11.9. The first-order valence-corrected chi connectivity index (χ1v) is 7.27. The fourth-order valence-corrected chi connectivity index (χ4v) is 1.97. The Hall–Kier alpha value is -1.75. The summed E-state index contributed by atoms with van der Waals surface area (Å²) in [4.78, 5) is 11.9. The highest BCUT2D eigenvalue weighted by atomic mass is 16.6. The monoisotopic (exact) mass is 292 g/mol. The molecule has 0 radical (unpaired) electrons. The van der Waals surface area contributed by atoms with Crippen molar-refractivity contribution < 1.29 is 14.3 Å². The number of para-hydroxylation sites is 2. The van der Waals surface area contributed by atoms with Gasteiger partial charge in [-0.3, -0.25) is 4.79 Å². The van der Waals surface area contributed by atoms with E-state index in [1.54, 1.807) is 0 Å². The molecule has 2 rings (SSSR count). The van der Waals surface area contributed by atoms with E-state index in [-0.39, 0.29) is 23.5 Å². The average molecular weight is 292 g/mol. The van der Waals surface area contributed by atoms with Crippen LogP contribution in [0.25, 0.3) is 0 Å². The van der Waals surface area contributed by atoms with Crippen molar-refractivity contribution in [3.63, 3.8) is 0 Å². The summed E-state index contributed by atoms with van der Waals surface area (Å²) in [7, 11) is 0. The molecule has 0 saturated carbocycles. The largest absolute Gasteiger partial charge is 0.486 e. The molecule has 1 aromatic rings. The van der Waals surface area contributed by atoms with Crippen molar-refractivity contribution in [3.8, 4) is 11.5 Å². The Kier molecular flexibility index (Phi) is 4.73. The fourth-order valence-electron chi connectivity index (χ4n) is 1.97. The predicted molar refractivity (Wildman–Crippen MR) is 81.4 cm³/mol. The maximum absolute atomic E-state index is 11.9. The minimum Gasteiger partial charge on any atom is -0.486 e. The third kappa shape index (κ3) is 4.36. The summed E-state index contributed by atoms with van der Waals surface area (Å²) in [5.74, 6) is 1.41. The van der Waals surface area contributed by atoms with E-state index in [4.69, 9.17) is 15.2 Å². The molecule has 1 aromatic carbocycles. The van der Waals surface area contributed by atoms with Gasteiger partial charge in [-0.05, 0) is 17.5 Å². The number of amides is 1. The zero-order valence-corrected chi connectivity index (χ0v) is 12.9. The minimum atomic E-state index is -0.172. The van der Waals surface area contributed by atoms with Crippen LogP contribution in [0, 0.1) is 5.41 Å². The summed E-state index contributed by atoms with van der Waals surface area (Å²) in [6, 6.07) is 7.36. The molecule has 1 amide bonds. The van der Waals surface area contributed by atoms with E-state index in [9.17, 15) is 4.79 Å². The van der Waals surface area contributed by atoms with Crippen LogP contribution in [0.15, 0.2) is 24.3 Å². The van der Waals surface area contributed by atoms with Gasteiger partial charge in [0.1, 0.15) is 12.7 Å². The second-order valence-corrected chi connectivity index (χ2v) is 6.48. The summed E-state index contributed by atoms with van der Waals surface area (Å²) < 4.78 is 11.4. The van der Waals surface area contributed by atoms with Crippen LogP contribution in [-0.4, -0.2) is 31.2 Å². The molecule has 0 aliphatic carbocycles. The normalized spacial score (nSPS) is 19.0. The van der Waals surface area contributed by atoms with E-state index >= 15 is 0 Å². The van der Waals surface area contributed by atoms with Gasteiger partial charge in [0.15, 0.2) is 11.5 Å². The van der Waals surface area contributed by atoms with Gasteiger partial charge in [-0.25, -0.2) is 0 Å². The molecule has 0 spiro atoms. The molecular formula is C16H24N2O3. The minimum absolute atomic E-state index is 0.0557. The summed E-state index contributed by atoms with van der Waals surface area (Å²) in [5, 5.41) is 2.86. The number of fused-ring (bicyclic) bond motifs is 1. The molecule has 21 heavy (non-hydrogen) atoms. The van der Waals surface area contributed by atoms with E-state index in [2.05, 4.69) is 5.32 Å². The number of benzene rings is 1. The van der Waals surface area contributed by atoms with E-state index < -0.39 is 0 Å². The van der Waals surface area contributed by atoms with Gasteiger partial charge >= 0.3 is 0 Å². The number of carbonyl (C=O) groups is 1. The summed E-state index contributed by atoms with van der Waals surface area (Å²) in [6.45, 7) is 6.94. The van der Waals surface area contributed by atoms with Gasteiger partial charge in [-0.2, -0.15) is 0 Å². The molecule has 2 atom stereocenters. The lowest BCUT2D eigenvalue weighted by atomic mass is 9.85. The molecular weight excluding hydrogens is 268 g/mol. The van der Waals surface area contributed by atoms with Gasteiger partial charge in [-0.15, -0.1) is 0 Å². The topological polar surface area (TPSA) is 73.6 Å². The standard InChI is InChI=1S/C16H24N2O3/c1-16(2,3)14(17)8-15(19)18-9-11-10-20-12-6-4-5-7-13(12)21-11/h4-7,11,14H,8-10,17H2,1-3H3,(H,18,19). The number of hydrogen-bond donors (Lipinski definition) is 2. The van der Waals surface area contributed by atoms with Gasteiger partial charge < -0.3 is 20.5 Å².